The van der Waals surface area contributed by atoms with Crippen LogP contribution < -0.4 is 10.6 Å². The van der Waals surface area contributed by atoms with Gasteiger partial charge in [-0.2, -0.15) is 0 Å². The van der Waals surface area contributed by atoms with Crippen LogP contribution in [0.2, 0.25) is 0 Å². The second kappa shape index (κ2) is 16.4. The van der Waals surface area contributed by atoms with E-state index in [2.05, 4.69) is 71.8 Å². The lowest BCUT2D eigenvalue weighted by atomic mass is 9.94. The summed E-state index contributed by atoms with van der Waals surface area (Å²) < 4.78 is 0. The maximum Gasteiger partial charge on any atom is 0.0733 e. The van der Waals surface area contributed by atoms with E-state index in [1.807, 2.05) is 0 Å². The van der Waals surface area contributed by atoms with E-state index in [0.717, 1.165) is 52.6 Å². The molecule has 30 heavy (non-hydrogen) atoms. The molecule has 1 aliphatic heterocycles. The molecular weight excluding hydrogens is 372 g/mol. The molecule has 6 nitrogen and oxygen atoms in total. The van der Waals surface area contributed by atoms with Crippen LogP contribution in [0, 0.1) is 0 Å². The summed E-state index contributed by atoms with van der Waals surface area (Å²) in [6.45, 7) is 27.4. The highest BCUT2D eigenvalue weighted by Crippen LogP contribution is 2.27. The van der Waals surface area contributed by atoms with Crippen molar-refractivity contribution in [2.75, 3.05) is 78.8 Å². The third-order valence-corrected chi connectivity index (χ3v) is 7.17. The Morgan fingerprint density at radius 1 is 0.667 bits per heavy atom. The summed E-state index contributed by atoms with van der Waals surface area (Å²) in [5.41, 5.74) is 0.148. The summed E-state index contributed by atoms with van der Waals surface area (Å²) in [5, 5.41) is 7.51. The van der Waals surface area contributed by atoms with E-state index in [4.69, 9.17) is 0 Å². The molecule has 1 saturated heterocycles. The normalized spacial score (nSPS) is 17.5. The summed E-state index contributed by atoms with van der Waals surface area (Å²) in [7, 11) is 0. The Bertz CT molecular complexity index is 375. The van der Waals surface area contributed by atoms with Gasteiger partial charge in [0.25, 0.3) is 0 Å². The van der Waals surface area contributed by atoms with Crippen LogP contribution >= 0.6 is 0 Å². The Balaban J connectivity index is 2.76. The molecule has 0 aromatic rings. The van der Waals surface area contributed by atoms with Gasteiger partial charge < -0.3 is 14.7 Å². The van der Waals surface area contributed by atoms with E-state index in [-0.39, 0.29) is 5.66 Å². The number of rotatable bonds is 18. The lowest BCUT2D eigenvalue weighted by molar-refractivity contribution is -0.00946. The molecule has 0 unspecified atom stereocenters. The summed E-state index contributed by atoms with van der Waals surface area (Å²) in [4.78, 5) is 10.4. The Morgan fingerprint density at radius 3 is 1.53 bits per heavy atom. The maximum absolute atomic E-state index is 3.93. The summed E-state index contributed by atoms with van der Waals surface area (Å²) in [5.74, 6) is 0. The van der Waals surface area contributed by atoms with Gasteiger partial charge in [-0.3, -0.25) is 15.5 Å². The monoisotopic (exact) mass is 426 g/mol. The second-order valence-corrected chi connectivity index (χ2v) is 8.70. The number of nitrogens with zero attached hydrogens (tertiary/aromatic N) is 4. The molecule has 0 spiro atoms. The largest absolute Gasteiger partial charge is 0.304 e. The minimum Gasteiger partial charge on any atom is -0.304 e. The molecule has 0 aliphatic carbocycles. The van der Waals surface area contributed by atoms with Gasteiger partial charge in [0.15, 0.2) is 0 Å². The molecule has 0 saturated carbocycles. The fourth-order valence-corrected chi connectivity index (χ4v) is 4.89. The van der Waals surface area contributed by atoms with Crippen LogP contribution in [0.5, 0.6) is 0 Å². The molecule has 180 valence electrons. The Hall–Kier alpha value is -0.240. The molecule has 0 aromatic carbocycles. The van der Waals surface area contributed by atoms with Gasteiger partial charge in [-0.1, -0.05) is 41.5 Å². The highest BCUT2D eigenvalue weighted by molar-refractivity contribution is 4.91. The average Bonchev–Trinajstić information content (AvgIpc) is 2.78. The van der Waals surface area contributed by atoms with Crippen molar-refractivity contribution in [2.24, 2.45) is 0 Å². The van der Waals surface area contributed by atoms with E-state index in [1.54, 1.807) is 0 Å². The first kappa shape index (κ1) is 27.8. The van der Waals surface area contributed by atoms with Crippen molar-refractivity contribution in [2.45, 2.75) is 79.3 Å². The first-order chi connectivity index (χ1) is 14.6. The van der Waals surface area contributed by atoms with Crippen LogP contribution in [-0.2, 0) is 0 Å². The maximum atomic E-state index is 3.93. The van der Waals surface area contributed by atoms with Crippen molar-refractivity contribution >= 4 is 0 Å². The zero-order valence-corrected chi connectivity index (χ0v) is 21.3. The van der Waals surface area contributed by atoms with E-state index in [1.165, 1.54) is 58.3 Å². The minimum absolute atomic E-state index is 0.148. The molecule has 0 aromatic heterocycles. The molecule has 0 radical (unpaired) electrons. The van der Waals surface area contributed by atoms with Gasteiger partial charge in [-0.15, -0.1) is 0 Å². The topological polar surface area (TPSA) is 37.0 Å². The van der Waals surface area contributed by atoms with Crippen LogP contribution in [0.1, 0.15) is 73.6 Å². The van der Waals surface area contributed by atoms with Crippen molar-refractivity contribution in [3.05, 3.63) is 0 Å². The summed E-state index contributed by atoms with van der Waals surface area (Å²) >= 11 is 0. The Morgan fingerprint density at radius 2 is 1.10 bits per heavy atom. The van der Waals surface area contributed by atoms with Crippen LogP contribution in [0.4, 0.5) is 0 Å². The van der Waals surface area contributed by atoms with Crippen molar-refractivity contribution in [3.8, 4) is 0 Å². The van der Waals surface area contributed by atoms with E-state index in [9.17, 15) is 0 Å². The Labute approximate surface area is 188 Å². The standard InChI is InChI=1S/C24H54N6/c1-7-27(8-2)18-13-16-24(17-14-19-28(9-3)10-4)26-22-25-23-30(24)21-15-20-29(11-5)12-6/h25-26H,7-23H2,1-6H3. The number of hydrogen-bond donors (Lipinski definition) is 2. The zero-order valence-electron chi connectivity index (χ0n) is 21.3. The van der Waals surface area contributed by atoms with Gasteiger partial charge in [0.1, 0.15) is 0 Å². The van der Waals surface area contributed by atoms with Crippen LogP contribution in [-0.4, -0.2) is 104 Å². The molecule has 0 atom stereocenters. The van der Waals surface area contributed by atoms with Crippen LogP contribution in [0.25, 0.3) is 0 Å². The van der Waals surface area contributed by atoms with Gasteiger partial charge >= 0.3 is 0 Å². The second-order valence-electron chi connectivity index (χ2n) is 8.70. The smallest absolute Gasteiger partial charge is 0.0733 e. The van der Waals surface area contributed by atoms with Crippen molar-refractivity contribution in [3.63, 3.8) is 0 Å². The molecule has 1 heterocycles. The summed E-state index contributed by atoms with van der Waals surface area (Å²) in [6, 6.07) is 0. The fraction of sp³-hybridized carbons (Fsp3) is 1.00. The van der Waals surface area contributed by atoms with Crippen LogP contribution in [0.15, 0.2) is 0 Å². The zero-order chi connectivity index (χ0) is 22.2. The van der Waals surface area contributed by atoms with Gasteiger partial charge in [0.05, 0.1) is 12.3 Å². The molecule has 0 bridgehead atoms. The first-order valence-electron chi connectivity index (χ1n) is 13.0. The minimum atomic E-state index is 0.148. The first-order valence-corrected chi connectivity index (χ1v) is 13.0. The van der Waals surface area contributed by atoms with E-state index in [0.29, 0.717) is 0 Å². The lowest BCUT2D eigenvalue weighted by Crippen LogP contribution is -2.67. The van der Waals surface area contributed by atoms with Crippen molar-refractivity contribution < 1.29 is 0 Å². The lowest BCUT2D eigenvalue weighted by Gasteiger charge is -2.49. The predicted molar refractivity (Wildman–Crippen MR) is 132 cm³/mol. The third kappa shape index (κ3) is 9.49. The number of nitrogens with one attached hydrogen (secondary N) is 2. The number of hydrogen-bond acceptors (Lipinski definition) is 6. The average molecular weight is 427 g/mol. The molecular formula is C24H54N6. The Kier molecular flexibility index (Phi) is 15.2. The van der Waals surface area contributed by atoms with Crippen molar-refractivity contribution in [1.29, 1.82) is 0 Å². The fourth-order valence-electron chi connectivity index (χ4n) is 4.89. The van der Waals surface area contributed by atoms with Gasteiger partial charge in [0, 0.05) is 13.2 Å². The van der Waals surface area contributed by atoms with E-state index < -0.39 is 0 Å². The predicted octanol–water partition coefficient (Wildman–Crippen LogP) is 3.07. The van der Waals surface area contributed by atoms with Gasteiger partial charge in [-0.25, -0.2) is 0 Å². The molecule has 1 fully saturated rings. The van der Waals surface area contributed by atoms with E-state index >= 15 is 0 Å². The quantitative estimate of drug-likeness (QED) is 0.351. The molecule has 1 rings (SSSR count). The SMILES string of the molecule is CCN(CC)CCCN1CNCNC1(CCCN(CC)CC)CCCN(CC)CC. The highest BCUT2D eigenvalue weighted by Gasteiger charge is 2.37. The van der Waals surface area contributed by atoms with Crippen LogP contribution in [0.3, 0.4) is 0 Å². The summed E-state index contributed by atoms with van der Waals surface area (Å²) in [6.07, 6.45) is 6.28. The van der Waals surface area contributed by atoms with Crippen molar-refractivity contribution in [1.82, 2.24) is 30.2 Å². The molecule has 1 aliphatic rings. The molecule has 2 N–H and O–H groups in total. The highest BCUT2D eigenvalue weighted by atomic mass is 15.4. The molecule has 0 amide bonds. The molecule has 6 heteroatoms. The van der Waals surface area contributed by atoms with Gasteiger partial charge in [-0.05, 0) is 91.0 Å². The van der Waals surface area contributed by atoms with Gasteiger partial charge in [0.2, 0.25) is 0 Å². The third-order valence-electron chi connectivity index (χ3n) is 7.17.